The van der Waals surface area contributed by atoms with Crippen molar-refractivity contribution in [2.45, 2.75) is 32.9 Å². The van der Waals surface area contributed by atoms with Crippen LogP contribution in [-0.4, -0.2) is 30.6 Å². The van der Waals surface area contributed by atoms with Gasteiger partial charge in [-0.2, -0.15) is 13.2 Å². The number of carbonyl (C=O) groups excluding carboxylic acids is 3. The Morgan fingerprint density at radius 1 is 0.900 bits per heavy atom. The average Bonchev–Trinajstić information content (AvgIpc) is 2.72. The van der Waals surface area contributed by atoms with Gasteiger partial charge >= 0.3 is 18.1 Å². The summed E-state index contributed by atoms with van der Waals surface area (Å²) in [5, 5.41) is 4.43. The molecule has 160 valence electrons. The van der Waals surface area contributed by atoms with Crippen molar-refractivity contribution in [2.24, 2.45) is 0 Å². The molecule has 0 bridgehead atoms. The molecule has 0 spiro atoms. The Kier molecular flexibility index (Phi) is 7.57. The maximum atomic E-state index is 12.2. The number of alkyl halides is 3. The fourth-order valence-electron chi connectivity index (χ4n) is 2.68. The lowest BCUT2D eigenvalue weighted by molar-refractivity contribution is -0.167. The quantitative estimate of drug-likeness (QED) is 0.658. The third kappa shape index (κ3) is 6.07. The van der Waals surface area contributed by atoms with Gasteiger partial charge in [0.2, 0.25) is 0 Å². The number of benzene rings is 2. The SMILES string of the molecule is CCc1cccc(CC)c1NC(=O)COC(=O)c1ccc(NC(=O)C(F)(F)F)cc1. The van der Waals surface area contributed by atoms with Gasteiger partial charge in [0.15, 0.2) is 6.61 Å². The van der Waals surface area contributed by atoms with Crippen LogP contribution in [0.5, 0.6) is 0 Å². The molecule has 2 aromatic carbocycles. The van der Waals surface area contributed by atoms with E-state index in [1.807, 2.05) is 32.0 Å². The second-order valence-electron chi connectivity index (χ2n) is 6.31. The molecule has 0 aliphatic rings. The van der Waals surface area contributed by atoms with E-state index in [-0.39, 0.29) is 11.3 Å². The van der Waals surface area contributed by atoms with Gasteiger partial charge in [-0.3, -0.25) is 9.59 Å². The summed E-state index contributed by atoms with van der Waals surface area (Å²) in [6.45, 7) is 3.41. The number of para-hydroxylation sites is 1. The van der Waals surface area contributed by atoms with Gasteiger partial charge in [-0.05, 0) is 48.2 Å². The van der Waals surface area contributed by atoms with Crippen molar-refractivity contribution in [3.8, 4) is 0 Å². The number of aryl methyl sites for hydroxylation is 2. The Morgan fingerprint density at radius 2 is 1.47 bits per heavy atom. The van der Waals surface area contributed by atoms with Gasteiger partial charge in [0.1, 0.15) is 0 Å². The van der Waals surface area contributed by atoms with E-state index in [2.05, 4.69) is 5.32 Å². The molecule has 0 fully saturated rings. The van der Waals surface area contributed by atoms with Gasteiger partial charge in [-0.1, -0.05) is 32.0 Å². The summed E-state index contributed by atoms with van der Waals surface area (Å²) in [6.07, 6.45) is -3.57. The summed E-state index contributed by atoms with van der Waals surface area (Å²) >= 11 is 0. The molecule has 9 heteroatoms. The number of hydrogen-bond donors (Lipinski definition) is 2. The van der Waals surface area contributed by atoms with E-state index in [0.717, 1.165) is 36.1 Å². The monoisotopic (exact) mass is 422 g/mol. The molecular weight excluding hydrogens is 401 g/mol. The van der Waals surface area contributed by atoms with Crippen LogP contribution in [0.3, 0.4) is 0 Å². The zero-order valence-electron chi connectivity index (χ0n) is 16.4. The minimum absolute atomic E-state index is 0.0241. The smallest absolute Gasteiger partial charge is 0.452 e. The van der Waals surface area contributed by atoms with Crippen LogP contribution >= 0.6 is 0 Å². The van der Waals surface area contributed by atoms with Crippen LogP contribution in [0.15, 0.2) is 42.5 Å². The minimum atomic E-state index is -5.01. The summed E-state index contributed by atoms with van der Waals surface area (Å²) in [7, 11) is 0. The van der Waals surface area contributed by atoms with Crippen LogP contribution in [0, 0.1) is 0 Å². The maximum Gasteiger partial charge on any atom is 0.471 e. The number of anilines is 2. The van der Waals surface area contributed by atoms with Crippen LogP contribution < -0.4 is 10.6 Å². The van der Waals surface area contributed by atoms with E-state index in [1.165, 1.54) is 12.1 Å². The molecule has 0 aliphatic carbocycles. The summed E-state index contributed by atoms with van der Waals surface area (Å²) < 4.78 is 41.7. The Bertz CT molecular complexity index is 903. The van der Waals surface area contributed by atoms with Crippen molar-refractivity contribution < 1.29 is 32.3 Å². The number of rotatable bonds is 7. The molecule has 2 amide bonds. The van der Waals surface area contributed by atoms with Crippen molar-refractivity contribution in [2.75, 3.05) is 17.2 Å². The molecular formula is C21H21F3N2O4. The summed E-state index contributed by atoms with van der Waals surface area (Å²) in [5.74, 6) is -3.44. The lowest BCUT2D eigenvalue weighted by atomic mass is 10.0. The summed E-state index contributed by atoms with van der Waals surface area (Å²) in [5.41, 5.74) is 2.52. The third-order valence-electron chi connectivity index (χ3n) is 4.23. The second-order valence-corrected chi connectivity index (χ2v) is 6.31. The molecule has 2 rings (SSSR count). The zero-order chi connectivity index (χ0) is 22.3. The first kappa shape index (κ1) is 22.9. The topological polar surface area (TPSA) is 84.5 Å². The van der Waals surface area contributed by atoms with E-state index in [4.69, 9.17) is 4.74 Å². The highest BCUT2D eigenvalue weighted by atomic mass is 19.4. The number of esters is 1. The molecule has 30 heavy (non-hydrogen) atoms. The first-order valence-corrected chi connectivity index (χ1v) is 9.21. The Hall–Kier alpha value is -3.36. The van der Waals surface area contributed by atoms with Gasteiger partial charge in [-0.15, -0.1) is 0 Å². The van der Waals surface area contributed by atoms with E-state index in [9.17, 15) is 27.6 Å². The predicted molar refractivity (Wildman–Crippen MR) is 105 cm³/mol. The third-order valence-corrected chi connectivity index (χ3v) is 4.23. The second kappa shape index (κ2) is 9.91. The Morgan fingerprint density at radius 3 is 1.97 bits per heavy atom. The molecule has 0 saturated heterocycles. The average molecular weight is 422 g/mol. The fourth-order valence-corrected chi connectivity index (χ4v) is 2.68. The van der Waals surface area contributed by atoms with Crippen molar-refractivity contribution in [3.05, 3.63) is 59.2 Å². The zero-order valence-corrected chi connectivity index (χ0v) is 16.4. The molecule has 0 unspecified atom stereocenters. The number of amides is 2. The number of halogens is 3. The Labute approximate surface area is 171 Å². The first-order chi connectivity index (χ1) is 14.2. The Balaban J connectivity index is 1.95. The predicted octanol–water partition coefficient (Wildman–Crippen LogP) is 4.11. The highest BCUT2D eigenvalue weighted by molar-refractivity contribution is 5.97. The van der Waals surface area contributed by atoms with Gasteiger partial charge < -0.3 is 15.4 Å². The molecule has 0 atom stereocenters. The van der Waals surface area contributed by atoms with Crippen LogP contribution in [0.4, 0.5) is 24.5 Å². The van der Waals surface area contributed by atoms with Gasteiger partial charge in [0.25, 0.3) is 5.91 Å². The molecule has 0 aromatic heterocycles. The van der Waals surface area contributed by atoms with Crippen LogP contribution in [0.2, 0.25) is 0 Å². The van der Waals surface area contributed by atoms with Crippen LogP contribution in [0.25, 0.3) is 0 Å². The summed E-state index contributed by atoms with van der Waals surface area (Å²) in [4.78, 5) is 35.2. The normalized spacial score (nSPS) is 11.0. The number of ether oxygens (including phenoxy) is 1. The van der Waals surface area contributed by atoms with Crippen molar-refractivity contribution >= 4 is 29.2 Å². The molecule has 0 radical (unpaired) electrons. The maximum absolute atomic E-state index is 12.2. The van der Waals surface area contributed by atoms with E-state index >= 15 is 0 Å². The number of carbonyl (C=O) groups is 3. The largest absolute Gasteiger partial charge is 0.471 e. The van der Waals surface area contributed by atoms with Gasteiger partial charge in [-0.25, -0.2) is 4.79 Å². The van der Waals surface area contributed by atoms with Crippen LogP contribution in [-0.2, 0) is 27.2 Å². The lowest BCUT2D eigenvalue weighted by Crippen LogP contribution is -2.29. The highest BCUT2D eigenvalue weighted by Gasteiger charge is 2.38. The fraction of sp³-hybridized carbons (Fsp3) is 0.286. The number of nitrogens with one attached hydrogen (secondary N) is 2. The molecule has 6 nitrogen and oxygen atoms in total. The molecule has 2 N–H and O–H groups in total. The molecule has 0 saturated carbocycles. The van der Waals surface area contributed by atoms with E-state index in [1.54, 1.807) is 5.32 Å². The molecule has 2 aromatic rings. The number of hydrogen-bond acceptors (Lipinski definition) is 4. The van der Waals surface area contributed by atoms with Gasteiger partial charge in [0.05, 0.1) is 5.56 Å². The lowest BCUT2D eigenvalue weighted by Gasteiger charge is -2.14. The van der Waals surface area contributed by atoms with Crippen molar-refractivity contribution in [3.63, 3.8) is 0 Å². The van der Waals surface area contributed by atoms with Crippen molar-refractivity contribution in [1.82, 2.24) is 0 Å². The highest BCUT2D eigenvalue weighted by Crippen LogP contribution is 2.22. The van der Waals surface area contributed by atoms with Crippen LogP contribution in [0.1, 0.15) is 35.3 Å². The molecule has 0 heterocycles. The van der Waals surface area contributed by atoms with E-state index in [0.29, 0.717) is 5.69 Å². The van der Waals surface area contributed by atoms with E-state index < -0.39 is 30.6 Å². The van der Waals surface area contributed by atoms with Crippen molar-refractivity contribution in [1.29, 1.82) is 0 Å². The molecule has 0 aliphatic heterocycles. The van der Waals surface area contributed by atoms with Gasteiger partial charge in [0, 0.05) is 11.4 Å². The summed E-state index contributed by atoms with van der Waals surface area (Å²) in [6, 6.07) is 10.4. The minimum Gasteiger partial charge on any atom is -0.452 e. The standard InChI is InChI=1S/C21H21F3N2O4/c1-3-13-6-5-7-14(4-2)18(13)26-17(27)12-30-19(28)15-8-10-16(11-9-15)25-20(29)21(22,23)24/h5-11H,3-4,12H2,1-2H3,(H,25,29)(H,26,27). The first-order valence-electron chi connectivity index (χ1n) is 9.21.